The second kappa shape index (κ2) is 7.05. The molecule has 118 valence electrons. The van der Waals surface area contributed by atoms with Gasteiger partial charge < -0.3 is 5.32 Å². The predicted molar refractivity (Wildman–Crippen MR) is 85.7 cm³/mol. The van der Waals surface area contributed by atoms with Gasteiger partial charge in [0.15, 0.2) is 5.78 Å². The number of amides is 1. The Hall–Kier alpha value is -1.68. The Kier molecular flexibility index (Phi) is 4.88. The molecule has 1 saturated carbocycles. The summed E-state index contributed by atoms with van der Waals surface area (Å²) in [5, 5.41) is 3.00. The smallest absolute Gasteiger partial charge is 0.234 e. The van der Waals surface area contributed by atoms with Gasteiger partial charge in [-0.2, -0.15) is 0 Å². The van der Waals surface area contributed by atoms with Gasteiger partial charge in [-0.25, -0.2) is 0 Å². The van der Waals surface area contributed by atoms with Gasteiger partial charge in [0, 0.05) is 18.0 Å². The average Bonchev–Trinajstić information content (AvgIpc) is 3.38. The van der Waals surface area contributed by atoms with Crippen molar-refractivity contribution in [1.29, 1.82) is 0 Å². The number of nitrogens with one attached hydrogen (secondary N) is 1. The van der Waals surface area contributed by atoms with E-state index >= 15 is 0 Å². The molecule has 1 aromatic rings. The van der Waals surface area contributed by atoms with E-state index in [0.29, 0.717) is 6.54 Å². The molecule has 1 saturated heterocycles. The van der Waals surface area contributed by atoms with Crippen LogP contribution in [0.4, 0.5) is 0 Å². The van der Waals surface area contributed by atoms with Crippen LogP contribution in [0.3, 0.4) is 0 Å². The lowest BCUT2D eigenvalue weighted by Gasteiger charge is -2.30. The number of carbonyl (C=O) groups excluding carboxylic acids is 2. The average molecular weight is 300 g/mol. The first-order valence-corrected chi connectivity index (χ1v) is 8.30. The van der Waals surface area contributed by atoms with Crippen molar-refractivity contribution in [2.24, 2.45) is 11.8 Å². The molecule has 0 spiro atoms. The number of nitrogens with zero attached hydrogens (tertiary/aromatic N) is 1. The van der Waals surface area contributed by atoms with E-state index in [1.807, 2.05) is 30.3 Å². The topological polar surface area (TPSA) is 49.4 Å². The molecule has 0 bridgehead atoms. The molecule has 0 aromatic heterocycles. The van der Waals surface area contributed by atoms with Gasteiger partial charge in [0.05, 0.1) is 6.54 Å². The van der Waals surface area contributed by atoms with Gasteiger partial charge in [0.2, 0.25) is 5.91 Å². The third-order valence-corrected chi connectivity index (χ3v) is 4.67. The Morgan fingerprint density at radius 3 is 2.36 bits per heavy atom. The largest absolute Gasteiger partial charge is 0.355 e. The number of rotatable bonds is 6. The van der Waals surface area contributed by atoms with E-state index in [0.717, 1.165) is 44.0 Å². The lowest BCUT2D eigenvalue weighted by molar-refractivity contribution is -0.122. The van der Waals surface area contributed by atoms with Gasteiger partial charge in [-0.05, 0) is 44.7 Å². The molecule has 22 heavy (non-hydrogen) atoms. The van der Waals surface area contributed by atoms with Crippen LogP contribution in [0.15, 0.2) is 30.3 Å². The zero-order chi connectivity index (χ0) is 15.4. The number of benzene rings is 1. The Balaban J connectivity index is 1.41. The Morgan fingerprint density at radius 2 is 1.73 bits per heavy atom. The fourth-order valence-electron chi connectivity index (χ4n) is 3.03. The van der Waals surface area contributed by atoms with Crippen molar-refractivity contribution < 1.29 is 9.59 Å². The molecule has 1 heterocycles. The molecule has 1 amide bonds. The van der Waals surface area contributed by atoms with Crippen molar-refractivity contribution in [3.8, 4) is 0 Å². The van der Waals surface area contributed by atoms with Crippen LogP contribution in [0.1, 0.15) is 36.0 Å². The summed E-state index contributed by atoms with van der Waals surface area (Å²) in [6, 6.07) is 9.53. The van der Waals surface area contributed by atoms with Crippen molar-refractivity contribution in [2.45, 2.75) is 25.7 Å². The standard InChI is InChI=1S/C18H24N2O2/c21-17(19-12-14-6-7-14)13-20-10-8-16(9-11-20)18(22)15-4-2-1-3-5-15/h1-5,14,16H,6-13H2,(H,19,21). The summed E-state index contributed by atoms with van der Waals surface area (Å²) in [6.45, 7) is 2.97. The van der Waals surface area contributed by atoms with E-state index < -0.39 is 0 Å². The van der Waals surface area contributed by atoms with E-state index in [9.17, 15) is 9.59 Å². The molecule has 2 aliphatic rings. The fourth-order valence-corrected chi connectivity index (χ4v) is 3.03. The number of piperidine rings is 1. The minimum atomic E-state index is 0.105. The maximum absolute atomic E-state index is 12.4. The van der Waals surface area contributed by atoms with Crippen LogP contribution in [0.2, 0.25) is 0 Å². The summed E-state index contributed by atoms with van der Waals surface area (Å²) in [4.78, 5) is 26.4. The number of Topliss-reactive ketones (excluding diaryl/α,β-unsaturated/α-hetero) is 1. The molecule has 1 aromatic carbocycles. The highest BCUT2D eigenvalue weighted by Crippen LogP contribution is 2.27. The number of hydrogen-bond donors (Lipinski definition) is 1. The second-order valence-corrected chi connectivity index (χ2v) is 6.53. The van der Waals surface area contributed by atoms with Gasteiger partial charge in [-0.3, -0.25) is 14.5 Å². The molecule has 0 radical (unpaired) electrons. The Morgan fingerprint density at radius 1 is 1.05 bits per heavy atom. The number of hydrogen-bond acceptors (Lipinski definition) is 3. The first-order chi connectivity index (χ1) is 10.7. The van der Waals surface area contributed by atoms with Crippen LogP contribution < -0.4 is 5.32 Å². The van der Waals surface area contributed by atoms with E-state index in [-0.39, 0.29) is 17.6 Å². The van der Waals surface area contributed by atoms with Gasteiger partial charge in [-0.15, -0.1) is 0 Å². The molecule has 0 unspecified atom stereocenters. The predicted octanol–water partition coefficient (Wildman–Crippen LogP) is 2.11. The molecule has 2 fully saturated rings. The first kappa shape index (κ1) is 15.2. The normalized spacial score (nSPS) is 19.8. The van der Waals surface area contributed by atoms with Crippen LogP contribution in [0.25, 0.3) is 0 Å². The minimum Gasteiger partial charge on any atom is -0.355 e. The molecule has 1 N–H and O–H groups in total. The summed E-state index contributed by atoms with van der Waals surface area (Å²) < 4.78 is 0. The zero-order valence-electron chi connectivity index (χ0n) is 13.0. The fraction of sp³-hybridized carbons (Fsp3) is 0.556. The van der Waals surface area contributed by atoms with Crippen molar-refractivity contribution in [1.82, 2.24) is 10.2 Å². The van der Waals surface area contributed by atoms with Crippen LogP contribution in [0.5, 0.6) is 0 Å². The van der Waals surface area contributed by atoms with E-state index in [1.54, 1.807) is 0 Å². The Labute approximate surface area is 131 Å². The van der Waals surface area contributed by atoms with Crippen LogP contribution in [-0.4, -0.2) is 42.8 Å². The van der Waals surface area contributed by atoms with Crippen molar-refractivity contribution >= 4 is 11.7 Å². The van der Waals surface area contributed by atoms with Gasteiger partial charge in [0.25, 0.3) is 0 Å². The maximum Gasteiger partial charge on any atom is 0.234 e. The van der Waals surface area contributed by atoms with E-state index in [1.165, 1.54) is 12.8 Å². The molecule has 1 aliphatic carbocycles. The lowest BCUT2D eigenvalue weighted by Crippen LogP contribution is -2.43. The molecule has 1 aliphatic heterocycles. The summed E-state index contributed by atoms with van der Waals surface area (Å²) in [7, 11) is 0. The van der Waals surface area contributed by atoms with Crippen LogP contribution in [0, 0.1) is 11.8 Å². The number of carbonyl (C=O) groups is 2. The van der Waals surface area contributed by atoms with Gasteiger partial charge >= 0.3 is 0 Å². The molecular weight excluding hydrogens is 276 g/mol. The number of ketones is 1. The van der Waals surface area contributed by atoms with Crippen LogP contribution in [-0.2, 0) is 4.79 Å². The molecular formula is C18H24N2O2. The van der Waals surface area contributed by atoms with Crippen molar-refractivity contribution in [2.75, 3.05) is 26.2 Å². The summed E-state index contributed by atoms with van der Waals surface area (Å²) >= 11 is 0. The van der Waals surface area contributed by atoms with Crippen molar-refractivity contribution in [3.05, 3.63) is 35.9 Å². The van der Waals surface area contributed by atoms with Crippen molar-refractivity contribution in [3.63, 3.8) is 0 Å². The quantitative estimate of drug-likeness (QED) is 0.819. The third-order valence-electron chi connectivity index (χ3n) is 4.67. The first-order valence-electron chi connectivity index (χ1n) is 8.30. The maximum atomic E-state index is 12.4. The van der Waals surface area contributed by atoms with E-state index in [2.05, 4.69) is 10.2 Å². The number of likely N-dealkylation sites (tertiary alicyclic amines) is 1. The highest BCUT2D eigenvalue weighted by molar-refractivity contribution is 5.97. The summed E-state index contributed by atoms with van der Waals surface area (Å²) in [6.07, 6.45) is 4.22. The highest BCUT2D eigenvalue weighted by Gasteiger charge is 2.27. The highest BCUT2D eigenvalue weighted by atomic mass is 16.2. The second-order valence-electron chi connectivity index (χ2n) is 6.53. The monoisotopic (exact) mass is 300 g/mol. The molecule has 4 nitrogen and oxygen atoms in total. The lowest BCUT2D eigenvalue weighted by atomic mass is 9.89. The molecule has 4 heteroatoms. The minimum absolute atomic E-state index is 0.105. The van der Waals surface area contributed by atoms with Gasteiger partial charge in [0.1, 0.15) is 0 Å². The van der Waals surface area contributed by atoms with E-state index in [4.69, 9.17) is 0 Å². The molecule has 0 atom stereocenters. The zero-order valence-corrected chi connectivity index (χ0v) is 13.0. The third kappa shape index (κ3) is 4.17. The Bertz CT molecular complexity index is 517. The summed E-state index contributed by atoms with van der Waals surface area (Å²) in [5.74, 6) is 1.20. The summed E-state index contributed by atoms with van der Waals surface area (Å²) in [5.41, 5.74) is 0.808. The van der Waals surface area contributed by atoms with Gasteiger partial charge in [-0.1, -0.05) is 30.3 Å². The molecule has 3 rings (SSSR count). The van der Waals surface area contributed by atoms with Crippen LogP contribution >= 0.6 is 0 Å². The SMILES string of the molecule is O=C(CN1CCC(C(=O)c2ccccc2)CC1)NCC1CC1.